The Morgan fingerprint density at radius 1 is 1.29 bits per heavy atom. The highest BCUT2D eigenvalue weighted by Crippen LogP contribution is 2.31. The molecule has 0 saturated carbocycles. The fraction of sp³-hybridized carbons (Fsp3) is 0.133. The molecule has 0 fully saturated rings. The lowest BCUT2D eigenvalue weighted by Gasteiger charge is -2.05. The number of nitrogens with two attached hydrogens (primary N) is 1. The number of ether oxygens (including phenoxy) is 1. The molecule has 1 heterocycles. The summed E-state index contributed by atoms with van der Waals surface area (Å²) in [6, 6.07) is 10.2. The van der Waals surface area contributed by atoms with Gasteiger partial charge in [0.05, 0.1) is 18.1 Å². The van der Waals surface area contributed by atoms with Gasteiger partial charge in [-0.25, -0.2) is 9.37 Å². The molecule has 0 aliphatic rings. The molecule has 4 nitrogen and oxygen atoms in total. The molecule has 108 valence electrons. The fourth-order valence-electron chi connectivity index (χ4n) is 2.05. The minimum absolute atomic E-state index is 0.283. The molecule has 21 heavy (non-hydrogen) atoms. The third-order valence-corrected chi connectivity index (χ3v) is 4.12. The van der Waals surface area contributed by atoms with Crippen molar-refractivity contribution in [3.8, 4) is 5.75 Å². The van der Waals surface area contributed by atoms with E-state index in [1.165, 1.54) is 23.9 Å². The van der Waals surface area contributed by atoms with Gasteiger partial charge in [0.1, 0.15) is 11.6 Å². The molecule has 0 radical (unpaired) electrons. The number of methoxy groups -OCH3 is 1. The summed E-state index contributed by atoms with van der Waals surface area (Å²) in [5.41, 5.74) is 8.17. The molecule has 0 saturated heterocycles. The maximum Gasteiger partial charge on any atom is 0.171 e. The summed E-state index contributed by atoms with van der Waals surface area (Å²) < 4.78 is 18.4. The molecule has 0 spiro atoms. The topological polar surface area (TPSA) is 63.9 Å². The second kappa shape index (κ2) is 5.75. The number of benzene rings is 2. The van der Waals surface area contributed by atoms with Crippen molar-refractivity contribution in [1.29, 1.82) is 0 Å². The smallest absolute Gasteiger partial charge is 0.171 e. The minimum atomic E-state index is -0.283. The van der Waals surface area contributed by atoms with Crippen molar-refractivity contribution in [2.75, 3.05) is 7.11 Å². The molecule has 0 amide bonds. The predicted molar refractivity (Wildman–Crippen MR) is 81.1 cm³/mol. The first-order valence-electron chi connectivity index (χ1n) is 6.39. The molecule has 3 N–H and O–H groups in total. The van der Waals surface area contributed by atoms with Gasteiger partial charge in [-0.15, -0.1) is 0 Å². The average Bonchev–Trinajstić information content (AvgIpc) is 2.90. The van der Waals surface area contributed by atoms with Crippen LogP contribution >= 0.6 is 11.8 Å². The lowest BCUT2D eigenvalue weighted by atomic mass is 10.2. The summed E-state index contributed by atoms with van der Waals surface area (Å²) in [7, 11) is 1.62. The van der Waals surface area contributed by atoms with E-state index in [1.807, 2.05) is 18.2 Å². The second-order valence-corrected chi connectivity index (χ2v) is 5.51. The SMILES string of the molecule is COc1ccc2nc(Sc3ccc(F)cc3CN)[nH]c2c1. The Kier molecular flexibility index (Phi) is 3.81. The van der Waals surface area contributed by atoms with Crippen LogP contribution in [0.4, 0.5) is 4.39 Å². The van der Waals surface area contributed by atoms with E-state index in [4.69, 9.17) is 10.5 Å². The van der Waals surface area contributed by atoms with Crippen LogP contribution in [0.15, 0.2) is 46.5 Å². The molecule has 0 unspecified atom stereocenters. The third kappa shape index (κ3) is 2.86. The summed E-state index contributed by atoms with van der Waals surface area (Å²) in [5, 5.41) is 0.736. The van der Waals surface area contributed by atoms with Crippen molar-refractivity contribution in [2.45, 2.75) is 16.6 Å². The van der Waals surface area contributed by atoms with Crippen LogP contribution in [0.3, 0.4) is 0 Å². The first-order chi connectivity index (χ1) is 10.2. The number of fused-ring (bicyclic) bond motifs is 1. The summed E-state index contributed by atoms with van der Waals surface area (Å²) >= 11 is 1.43. The van der Waals surface area contributed by atoms with E-state index in [-0.39, 0.29) is 12.4 Å². The van der Waals surface area contributed by atoms with E-state index in [2.05, 4.69) is 9.97 Å². The maximum absolute atomic E-state index is 13.2. The van der Waals surface area contributed by atoms with E-state index in [0.29, 0.717) is 0 Å². The van der Waals surface area contributed by atoms with Crippen molar-refractivity contribution >= 4 is 22.8 Å². The Labute approximate surface area is 125 Å². The number of halogens is 1. The Bertz CT molecular complexity index is 788. The Balaban J connectivity index is 1.94. The van der Waals surface area contributed by atoms with Crippen LogP contribution < -0.4 is 10.5 Å². The van der Waals surface area contributed by atoms with Crippen molar-refractivity contribution in [1.82, 2.24) is 9.97 Å². The number of hydrogen-bond donors (Lipinski definition) is 2. The van der Waals surface area contributed by atoms with Crippen molar-refractivity contribution in [3.05, 3.63) is 47.8 Å². The Hall–Kier alpha value is -2.05. The number of nitrogens with one attached hydrogen (secondary N) is 1. The summed E-state index contributed by atoms with van der Waals surface area (Å²) in [5.74, 6) is 0.487. The van der Waals surface area contributed by atoms with Gasteiger partial charge in [-0.1, -0.05) is 11.8 Å². The summed E-state index contributed by atoms with van der Waals surface area (Å²) in [6.45, 7) is 0.286. The maximum atomic E-state index is 13.2. The highest BCUT2D eigenvalue weighted by molar-refractivity contribution is 7.99. The molecule has 1 aromatic heterocycles. The van der Waals surface area contributed by atoms with Gasteiger partial charge in [-0.3, -0.25) is 0 Å². The lowest BCUT2D eigenvalue weighted by Crippen LogP contribution is -1.99. The number of nitrogens with zero attached hydrogens (tertiary/aromatic N) is 1. The minimum Gasteiger partial charge on any atom is -0.497 e. The van der Waals surface area contributed by atoms with Crippen LogP contribution in [0.1, 0.15) is 5.56 Å². The zero-order chi connectivity index (χ0) is 14.8. The molecular formula is C15H14FN3OS. The largest absolute Gasteiger partial charge is 0.497 e. The number of rotatable bonds is 4. The van der Waals surface area contributed by atoms with Gasteiger partial charge in [0.15, 0.2) is 5.16 Å². The summed E-state index contributed by atoms with van der Waals surface area (Å²) in [4.78, 5) is 8.61. The monoisotopic (exact) mass is 303 g/mol. The van der Waals surface area contributed by atoms with Crippen molar-refractivity contribution < 1.29 is 9.13 Å². The molecular weight excluding hydrogens is 289 g/mol. The summed E-state index contributed by atoms with van der Waals surface area (Å²) in [6.07, 6.45) is 0. The lowest BCUT2D eigenvalue weighted by molar-refractivity contribution is 0.415. The van der Waals surface area contributed by atoms with Crippen molar-refractivity contribution in [3.63, 3.8) is 0 Å². The van der Waals surface area contributed by atoms with Crippen LogP contribution in [0.25, 0.3) is 11.0 Å². The molecule has 0 aliphatic heterocycles. The van der Waals surface area contributed by atoms with E-state index < -0.39 is 0 Å². The molecule has 2 aromatic carbocycles. The van der Waals surface area contributed by atoms with Crippen LogP contribution in [0.2, 0.25) is 0 Å². The molecule has 0 atom stereocenters. The van der Waals surface area contributed by atoms with Gasteiger partial charge in [-0.2, -0.15) is 0 Å². The fourth-order valence-corrected chi connectivity index (χ4v) is 2.97. The zero-order valence-electron chi connectivity index (χ0n) is 11.4. The van der Waals surface area contributed by atoms with Crippen LogP contribution in [-0.2, 0) is 6.54 Å². The van der Waals surface area contributed by atoms with Gasteiger partial charge in [0.25, 0.3) is 0 Å². The van der Waals surface area contributed by atoms with Gasteiger partial charge in [0.2, 0.25) is 0 Å². The zero-order valence-corrected chi connectivity index (χ0v) is 12.2. The molecule has 0 bridgehead atoms. The molecule has 3 rings (SSSR count). The van der Waals surface area contributed by atoms with Crippen LogP contribution in [-0.4, -0.2) is 17.1 Å². The highest BCUT2D eigenvalue weighted by Gasteiger charge is 2.09. The molecule has 3 aromatic rings. The van der Waals surface area contributed by atoms with Gasteiger partial charge < -0.3 is 15.5 Å². The first-order valence-corrected chi connectivity index (χ1v) is 7.21. The van der Waals surface area contributed by atoms with Crippen molar-refractivity contribution in [2.24, 2.45) is 5.73 Å². The van der Waals surface area contributed by atoms with Gasteiger partial charge >= 0.3 is 0 Å². The predicted octanol–water partition coefficient (Wildman–Crippen LogP) is 3.32. The number of imidazole rings is 1. The van der Waals surface area contributed by atoms with Gasteiger partial charge in [-0.05, 0) is 35.9 Å². The van der Waals surface area contributed by atoms with E-state index in [1.54, 1.807) is 13.2 Å². The molecule has 0 aliphatic carbocycles. The normalized spacial score (nSPS) is 11.0. The van der Waals surface area contributed by atoms with E-state index >= 15 is 0 Å². The first kappa shape index (κ1) is 13.9. The third-order valence-electron chi connectivity index (χ3n) is 3.12. The van der Waals surface area contributed by atoms with Crippen LogP contribution in [0.5, 0.6) is 5.75 Å². The van der Waals surface area contributed by atoms with E-state index in [9.17, 15) is 4.39 Å². The quantitative estimate of drug-likeness (QED) is 0.776. The Morgan fingerprint density at radius 2 is 2.14 bits per heavy atom. The number of H-pyrrole nitrogens is 1. The number of aromatic amines is 1. The van der Waals surface area contributed by atoms with E-state index in [0.717, 1.165) is 32.4 Å². The standard InChI is InChI=1S/C15H14FN3OS/c1-20-11-3-4-12-13(7-11)19-15(18-12)21-14-5-2-10(16)6-9(14)8-17/h2-7H,8,17H2,1H3,(H,18,19). The highest BCUT2D eigenvalue weighted by atomic mass is 32.2. The Morgan fingerprint density at radius 3 is 2.90 bits per heavy atom. The average molecular weight is 303 g/mol. The number of aromatic nitrogens is 2. The second-order valence-electron chi connectivity index (χ2n) is 4.48. The van der Waals surface area contributed by atoms with Gasteiger partial charge in [0, 0.05) is 17.5 Å². The van der Waals surface area contributed by atoms with Crippen LogP contribution in [0, 0.1) is 5.82 Å². The number of hydrogen-bond acceptors (Lipinski definition) is 4. The molecule has 6 heteroatoms.